The summed E-state index contributed by atoms with van der Waals surface area (Å²) in [6, 6.07) is 9.73. The Morgan fingerprint density at radius 1 is 0.594 bits per heavy atom. The van der Waals surface area contributed by atoms with E-state index in [0.717, 1.165) is 6.26 Å². The lowest BCUT2D eigenvalue weighted by molar-refractivity contribution is 0.131. The highest BCUT2D eigenvalue weighted by molar-refractivity contribution is 7.93. The van der Waals surface area contributed by atoms with Gasteiger partial charge in [0.1, 0.15) is 25.7 Å². The van der Waals surface area contributed by atoms with Crippen molar-refractivity contribution in [3.05, 3.63) is 63.2 Å². The van der Waals surface area contributed by atoms with Gasteiger partial charge in [-0.05, 0) is 103 Å². The first-order chi connectivity index (χ1) is 31.5. The SMILES string of the molecule is CC(C)(C)c1nc2ccc(Cl)c(S(=O)(=O)C3CC(OS(C)(=O)=O)C3)c2o1.CN(C)C1CC(S(=O)(=O)c2c(Cl)ccc(N)c2O)C1.CN(C)C1CC(S(=O)(=O)c2c(Cl)ccc3nc(C(C)(C)C)oc23)C1. The van der Waals surface area contributed by atoms with Crippen molar-refractivity contribution in [2.24, 2.45) is 0 Å². The molecule has 24 heteroatoms. The maximum Gasteiger partial charge on any atom is 0.264 e. The zero-order valence-corrected chi connectivity index (χ0v) is 45.8. The molecule has 3 aliphatic rings. The molecule has 2 aromatic heterocycles. The van der Waals surface area contributed by atoms with Gasteiger partial charge in [0.05, 0.1) is 48.9 Å². The van der Waals surface area contributed by atoms with E-state index in [0.29, 0.717) is 54.5 Å². The minimum absolute atomic E-state index is 0.0139. The molecule has 0 spiro atoms. The van der Waals surface area contributed by atoms with Crippen molar-refractivity contribution < 1.29 is 51.8 Å². The second kappa shape index (κ2) is 19.6. The number of benzene rings is 3. The average Bonchev–Trinajstić information content (AvgIpc) is 3.78. The lowest BCUT2D eigenvalue weighted by atomic mass is 9.91. The number of nitrogen functional groups attached to an aromatic ring is 1. The molecule has 0 bridgehead atoms. The molecule has 0 amide bonds. The van der Waals surface area contributed by atoms with Crippen molar-refractivity contribution in [1.82, 2.24) is 19.8 Å². The largest absolute Gasteiger partial charge is 0.504 e. The smallest absolute Gasteiger partial charge is 0.264 e. The summed E-state index contributed by atoms with van der Waals surface area (Å²) in [4.78, 5) is 12.6. The molecule has 69 heavy (non-hydrogen) atoms. The fourth-order valence-electron chi connectivity index (χ4n) is 7.91. The summed E-state index contributed by atoms with van der Waals surface area (Å²) in [6.45, 7) is 11.6. The number of nitrogens with zero attached hydrogens (tertiary/aromatic N) is 4. The van der Waals surface area contributed by atoms with Gasteiger partial charge in [-0.1, -0.05) is 76.3 Å². The average molecular weight is 1100 g/mol. The summed E-state index contributed by atoms with van der Waals surface area (Å²) in [6.07, 6.45) is 2.78. The van der Waals surface area contributed by atoms with Gasteiger partial charge in [0.15, 0.2) is 46.4 Å². The molecular formula is C45H60Cl3N5O12S4. The number of sulfone groups is 3. The van der Waals surface area contributed by atoms with Crippen molar-refractivity contribution in [2.75, 3.05) is 40.2 Å². The molecular weight excluding hydrogens is 1040 g/mol. The zero-order valence-electron chi connectivity index (χ0n) is 40.2. The van der Waals surface area contributed by atoms with Crippen LogP contribution in [-0.2, 0) is 54.6 Å². The Bertz CT molecular complexity index is 3200. The fraction of sp³-hybridized carbons (Fsp3) is 0.556. The first-order valence-corrected chi connectivity index (χ1v) is 29.5. The molecule has 3 aromatic carbocycles. The minimum Gasteiger partial charge on any atom is -0.504 e. The summed E-state index contributed by atoms with van der Waals surface area (Å²) in [7, 11) is -6.87. The number of phenolic OH excluding ortho intramolecular Hbond substituents is 1. The molecule has 382 valence electrons. The minimum atomic E-state index is -3.82. The van der Waals surface area contributed by atoms with Crippen molar-refractivity contribution in [3.63, 3.8) is 0 Å². The fourth-order valence-corrected chi connectivity index (χ4v) is 16.0. The molecule has 17 nitrogen and oxygen atoms in total. The maximum absolute atomic E-state index is 13.1. The molecule has 0 aliphatic heterocycles. The number of rotatable bonds is 10. The van der Waals surface area contributed by atoms with E-state index in [1.54, 1.807) is 18.2 Å². The van der Waals surface area contributed by atoms with Crippen LogP contribution in [0.2, 0.25) is 15.1 Å². The van der Waals surface area contributed by atoms with Gasteiger partial charge in [-0.3, -0.25) is 4.18 Å². The first kappa shape index (κ1) is 55.1. The van der Waals surface area contributed by atoms with Crippen molar-refractivity contribution in [2.45, 2.75) is 140 Å². The molecule has 3 N–H and O–H groups in total. The van der Waals surface area contributed by atoms with Crippen molar-refractivity contribution in [1.29, 1.82) is 0 Å². The predicted molar refractivity (Wildman–Crippen MR) is 268 cm³/mol. The molecule has 0 atom stereocenters. The molecule has 5 aromatic rings. The van der Waals surface area contributed by atoms with E-state index in [1.807, 2.05) is 74.6 Å². The Morgan fingerprint density at radius 3 is 1.28 bits per heavy atom. The Labute approximate surface area is 419 Å². The number of fused-ring (bicyclic) bond motifs is 2. The summed E-state index contributed by atoms with van der Waals surface area (Å²) in [5, 5.41) is 8.42. The molecule has 3 saturated carbocycles. The Hall–Kier alpha value is -3.25. The van der Waals surface area contributed by atoms with Gasteiger partial charge in [0, 0.05) is 22.9 Å². The van der Waals surface area contributed by atoms with Crippen LogP contribution in [0, 0.1) is 0 Å². The van der Waals surface area contributed by atoms with Crippen LogP contribution in [0.4, 0.5) is 5.69 Å². The highest BCUT2D eigenvalue weighted by atomic mass is 35.5. The third-order valence-corrected chi connectivity index (χ3v) is 21.1. The summed E-state index contributed by atoms with van der Waals surface area (Å²) in [5.41, 5.74) is 6.23. The molecule has 0 radical (unpaired) electrons. The summed E-state index contributed by atoms with van der Waals surface area (Å²) in [5.74, 6) is 0.481. The molecule has 0 saturated heterocycles. The number of anilines is 1. The molecule has 3 aliphatic carbocycles. The van der Waals surface area contributed by atoms with Crippen LogP contribution in [0.25, 0.3) is 22.2 Å². The second-order valence-electron chi connectivity index (χ2n) is 20.4. The number of aromatic nitrogens is 2. The lowest BCUT2D eigenvalue weighted by Crippen LogP contribution is -2.47. The third-order valence-electron chi connectivity index (χ3n) is 12.5. The Morgan fingerprint density at radius 2 is 0.928 bits per heavy atom. The van der Waals surface area contributed by atoms with Crippen LogP contribution in [-0.4, -0.2) is 127 Å². The number of phenols is 1. The van der Waals surface area contributed by atoms with Gasteiger partial charge in [-0.15, -0.1) is 0 Å². The van der Waals surface area contributed by atoms with Crippen molar-refractivity contribution >= 4 is 102 Å². The summed E-state index contributed by atoms with van der Waals surface area (Å²) < 4.78 is 116. The van der Waals surface area contributed by atoms with E-state index in [9.17, 15) is 38.8 Å². The maximum atomic E-state index is 13.1. The number of hydrogen-bond acceptors (Lipinski definition) is 17. The van der Waals surface area contributed by atoms with Gasteiger partial charge >= 0.3 is 0 Å². The predicted octanol–water partition coefficient (Wildman–Crippen LogP) is 8.20. The number of aromatic hydroxyl groups is 1. The molecule has 3 fully saturated rings. The highest BCUT2D eigenvalue weighted by Crippen LogP contribution is 2.44. The van der Waals surface area contributed by atoms with E-state index in [4.69, 9.17) is 53.6 Å². The number of oxazole rings is 2. The van der Waals surface area contributed by atoms with Gasteiger partial charge in [0.2, 0.25) is 11.8 Å². The van der Waals surface area contributed by atoms with Crippen LogP contribution >= 0.6 is 34.8 Å². The third kappa shape index (κ3) is 11.5. The van der Waals surface area contributed by atoms with Gasteiger partial charge < -0.3 is 29.5 Å². The van der Waals surface area contributed by atoms with Crippen LogP contribution in [0.3, 0.4) is 0 Å². The van der Waals surface area contributed by atoms with Gasteiger partial charge in [0.25, 0.3) is 10.1 Å². The van der Waals surface area contributed by atoms with Gasteiger partial charge in [-0.2, -0.15) is 8.42 Å². The molecule has 8 rings (SSSR count). The Kier molecular flexibility index (Phi) is 15.7. The lowest BCUT2D eigenvalue weighted by Gasteiger charge is -2.39. The number of nitrogens with two attached hydrogens (primary N) is 1. The van der Waals surface area contributed by atoms with E-state index >= 15 is 0 Å². The van der Waals surface area contributed by atoms with Crippen LogP contribution < -0.4 is 5.73 Å². The van der Waals surface area contributed by atoms with Crippen LogP contribution in [0.15, 0.2) is 59.9 Å². The standard InChI is InChI=1S/C17H23ClN2O3S.C16H20ClNO6S2.C12H17ClN2O3S/c1-17(2,3)16-19-13-7-6-12(18)15(14(13)23-16)24(21,22)11-8-10(9-11)20(4)5;1-16(2,3)15-18-12-6-5-11(17)14(13(12)23-15)26(21,22)10-7-9(8-10)24-25(4,19)20;1-15(2)7-5-8(6-7)19(17,18)12-9(13)3-4-10(14)11(12)16/h6-7,10-11H,8-9H2,1-5H3;5-6,9-10H,7-8H2,1-4H3;3-4,7-8,16H,5-6,14H2,1-2H3. The monoisotopic (exact) mass is 1100 g/mol. The Balaban J connectivity index is 0.000000172. The topological polar surface area (TPSA) is 251 Å². The molecule has 2 heterocycles. The van der Waals surface area contributed by atoms with E-state index < -0.39 is 72.6 Å². The molecule has 0 unspecified atom stereocenters. The highest BCUT2D eigenvalue weighted by Gasteiger charge is 2.46. The number of halogens is 3. The van der Waals surface area contributed by atoms with E-state index in [-0.39, 0.29) is 70.9 Å². The van der Waals surface area contributed by atoms with Crippen LogP contribution in [0.1, 0.15) is 91.8 Å². The van der Waals surface area contributed by atoms with E-state index in [1.165, 1.54) is 18.2 Å². The number of hydrogen-bond donors (Lipinski definition) is 2. The van der Waals surface area contributed by atoms with Crippen LogP contribution in [0.5, 0.6) is 5.75 Å². The van der Waals surface area contributed by atoms with Gasteiger partial charge in [-0.25, -0.2) is 35.2 Å². The normalized spacial score (nSPS) is 22.3. The first-order valence-electron chi connectivity index (χ1n) is 21.9. The van der Waals surface area contributed by atoms with E-state index in [2.05, 4.69) is 14.9 Å². The zero-order chi connectivity index (χ0) is 51.7. The second-order valence-corrected chi connectivity index (χ2v) is 29.7. The van der Waals surface area contributed by atoms with Crippen molar-refractivity contribution in [3.8, 4) is 5.75 Å². The summed E-state index contributed by atoms with van der Waals surface area (Å²) >= 11 is 18.3. The quantitative estimate of drug-likeness (QED) is 0.0759.